The lowest BCUT2D eigenvalue weighted by Crippen LogP contribution is -1.27. The first-order chi connectivity index (χ1) is 1.41. The van der Waals surface area contributed by atoms with Crippen LogP contribution in [0.1, 0.15) is 20.3 Å². The zero-order chi connectivity index (χ0) is 2.71. The Morgan fingerprint density at radius 3 is 1.25 bits per heavy atom. The molecule has 0 radical (unpaired) electrons. The molecule has 0 atom stereocenters. The second-order valence-electron chi connectivity index (χ2n) is 0.707. The Morgan fingerprint density at radius 1 is 1.25 bits per heavy atom. The van der Waals surface area contributed by atoms with Crippen molar-refractivity contribution in [3.63, 3.8) is 0 Å². The second-order valence-corrected chi connectivity index (χ2v) is 0.707. The summed E-state index contributed by atoms with van der Waals surface area (Å²) in [7, 11) is 0. The second kappa shape index (κ2) is 10.7. The molecule has 0 fully saturated rings. The third kappa shape index (κ3) is 69.8. The van der Waals surface area contributed by atoms with Gasteiger partial charge in [0.25, 0.3) is 0 Å². The van der Waals surface area contributed by atoms with Crippen molar-refractivity contribution in [3.8, 4) is 0 Å². The van der Waals surface area contributed by atoms with Crippen molar-refractivity contribution in [2.45, 2.75) is 20.3 Å². The predicted octanol–water partition coefficient (Wildman–Crippen LogP) is -0.0353. The summed E-state index contributed by atoms with van der Waals surface area (Å²) in [6.45, 7) is 4.25. The molecule has 0 heterocycles. The predicted molar refractivity (Wildman–Crippen MR) is 27.3 cm³/mol. The maximum atomic E-state index is 2.12. The Kier molecular flexibility index (Phi) is 23.7. The SMILES string of the molecule is CCC.[SiH4]. The van der Waals surface area contributed by atoms with Crippen molar-refractivity contribution in [2.24, 2.45) is 0 Å². The zero-order valence-electron chi connectivity index (χ0n) is 2.71. The van der Waals surface area contributed by atoms with Gasteiger partial charge in [0.05, 0.1) is 0 Å². The standard InChI is InChI=1S/C3H8.H4Si/c1-3-2;/h3H2,1-2H3;1H4. The molecule has 0 aromatic carbocycles. The lowest BCUT2D eigenvalue weighted by atomic mass is 10.6. The first kappa shape index (κ1) is 8.88. The van der Waals surface area contributed by atoms with E-state index in [-0.39, 0.29) is 11.0 Å². The summed E-state index contributed by atoms with van der Waals surface area (Å²) in [5.74, 6) is 0. The van der Waals surface area contributed by atoms with Gasteiger partial charge in [0.2, 0.25) is 0 Å². The first-order valence-electron chi connectivity index (χ1n) is 1.41. The smallest absolute Gasteiger partial charge is 0.0149 e. The molecule has 0 spiro atoms. The Labute approximate surface area is 32.2 Å². The topological polar surface area (TPSA) is 0 Å². The maximum Gasteiger partial charge on any atom is -0.0149 e. The van der Waals surface area contributed by atoms with E-state index in [1.807, 2.05) is 0 Å². The van der Waals surface area contributed by atoms with E-state index in [1.54, 1.807) is 0 Å². The van der Waals surface area contributed by atoms with Gasteiger partial charge in [-0.2, -0.15) is 0 Å². The maximum absolute atomic E-state index is 2.12. The highest BCUT2D eigenvalue weighted by atomic mass is 28.1. The third-order valence-corrected chi connectivity index (χ3v) is 0. The molecule has 0 saturated heterocycles. The van der Waals surface area contributed by atoms with Crippen LogP contribution in [-0.4, -0.2) is 11.0 Å². The summed E-state index contributed by atoms with van der Waals surface area (Å²) in [5.41, 5.74) is 0. The molecule has 0 nitrogen and oxygen atoms in total. The van der Waals surface area contributed by atoms with Crippen LogP contribution >= 0.6 is 0 Å². The molecule has 0 aliphatic carbocycles. The number of hydrogen-bond donors (Lipinski definition) is 0. The lowest BCUT2D eigenvalue weighted by molar-refractivity contribution is 1.09. The summed E-state index contributed by atoms with van der Waals surface area (Å²) in [6, 6.07) is 0. The molecule has 0 unspecified atom stereocenters. The van der Waals surface area contributed by atoms with Gasteiger partial charge in [-0.1, -0.05) is 20.3 Å². The highest BCUT2D eigenvalue weighted by molar-refractivity contribution is 5.75. The van der Waals surface area contributed by atoms with Gasteiger partial charge in [-0.3, -0.25) is 0 Å². The first-order valence-corrected chi connectivity index (χ1v) is 1.41. The number of hydrogen-bond acceptors (Lipinski definition) is 0. The molecular weight excluding hydrogens is 64.1 g/mol. The van der Waals surface area contributed by atoms with Crippen LogP contribution in [0.5, 0.6) is 0 Å². The fourth-order valence-electron chi connectivity index (χ4n) is 0. The highest BCUT2D eigenvalue weighted by Crippen LogP contribution is 1.56. The van der Waals surface area contributed by atoms with E-state index in [2.05, 4.69) is 13.8 Å². The molecular formula is C3H12Si. The summed E-state index contributed by atoms with van der Waals surface area (Å²) < 4.78 is 0. The average molecular weight is 76.2 g/mol. The van der Waals surface area contributed by atoms with E-state index in [0.29, 0.717) is 0 Å². The van der Waals surface area contributed by atoms with E-state index in [9.17, 15) is 0 Å². The van der Waals surface area contributed by atoms with Gasteiger partial charge in [-0.05, 0) is 11.0 Å². The van der Waals surface area contributed by atoms with Crippen LogP contribution < -0.4 is 0 Å². The third-order valence-electron chi connectivity index (χ3n) is 0. The van der Waals surface area contributed by atoms with E-state index >= 15 is 0 Å². The molecule has 0 bridgehead atoms. The molecule has 0 aromatic heterocycles. The van der Waals surface area contributed by atoms with Crippen LogP contribution in [-0.2, 0) is 0 Å². The van der Waals surface area contributed by atoms with Crippen molar-refractivity contribution >= 4 is 11.0 Å². The van der Waals surface area contributed by atoms with Crippen molar-refractivity contribution in [2.75, 3.05) is 0 Å². The average Bonchev–Trinajstić information content (AvgIpc) is 0.918. The van der Waals surface area contributed by atoms with Crippen LogP contribution in [0.3, 0.4) is 0 Å². The molecule has 0 aromatic rings. The van der Waals surface area contributed by atoms with E-state index in [0.717, 1.165) is 0 Å². The number of rotatable bonds is 0. The monoisotopic (exact) mass is 76.1 g/mol. The van der Waals surface area contributed by atoms with Crippen LogP contribution in [0.15, 0.2) is 0 Å². The van der Waals surface area contributed by atoms with Gasteiger partial charge >= 0.3 is 0 Å². The Hall–Kier alpha value is 0.217. The molecule has 0 N–H and O–H groups in total. The molecule has 0 saturated carbocycles. The Bertz CT molecular complexity index is 3.25. The Balaban J connectivity index is 0. The minimum absolute atomic E-state index is 0. The molecule has 4 heavy (non-hydrogen) atoms. The van der Waals surface area contributed by atoms with Gasteiger partial charge in [0.1, 0.15) is 0 Å². The minimum Gasteiger partial charge on any atom is -0.0656 e. The molecule has 1 heteroatoms. The molecule has 28 valence electrons. The van der Waals surface area contributed by atoms with Crippen LogP contribution in [0, 0.1) is 0 Å². The van der Waals surface area contributed by atoms with Crippen molar-refractivity contribution in [3.05, 3.63) is 0 Å². The van der Waals surface area contributed by atoms with Crippen LogP contribution in [0.25, 0.3) is 0 Å². The van der Waals surface area contributed by atoms with E-state index in [4.69, 9.17) is 0 Å². The molecule has 0 aliphatic heterocycles. The molecule has 0 amide bonds. The van der Waals surface area contributed by atoms with Gasteiger partial charge in [-0.25, -0.2) is 0 Å². The summed E-state index contributed by atoms with van der Waals surface area (Å²) >= 11 is 0. The van der Waals surface area contributed by atoms with Crippen molar-refractivity contribution < 1.29 is 0 Å². The fourth-order valence-corrected chi connectivity index (χ4v) is 0. The van der Waals surface area contributed by atoms with Gasteiger partial charge < -0.3 is 0 Å². The van der Waals surface area contributed by atoms with Crippen LogP contribution in [0.4, 0.5) is 0 Å². The van der Waals surface area contributed by atoms with E-state index < -0.39 is 0 Å². The molecule has 0 aliphatic rings. The highest BCUT2D eigenvalue weighted by Gasteiger charge is 1.35. The minimum atomic E-state index is 0. The largest absolute Gasteiger partial charge is 0.0656 e. The normalized spacial score (nSPS) is 4.50. The van der Waals surface area contributed by atoms with Crippen molar-refractivity contribution in [1.82, 2.24) is 0 Å². The quantitative estimate of drug-likeness (QED) is 0.355. The Morgan fingerprint density at radius 2 is 1.25 bits per heavy atom. The van der Waals surface area contributed by atoms with E-state index in [1.165, 1.54) is 6.42 Å². The summed E-state index contributed by atoms with van der Waals surface area (Å²) in [6.07, 6.45) is 1.25. The summed E-state index contributed by atoms with van der Waals surface area (Å²) in [4.78, 5) is 0. The summed E-state index contributed by atoms with van der Waals surface area (Å²) in [5, 5.41) is 0. The fraction of sp³-hybridized carbons (Fsp3) is 1.00. The van der Waals surface area contributed by atoms with Gasteiger partial charge in [0.15, 0.2) is 0 Å². The van der Waals surface area contributed by atoms with Gasteiger partial charge in [-0.15, -0.1) is 0 Å². The lowest BCUT2D eigenvalue weighted by Gasteiger charge is -1.48. The zero-order valence-corrected chi connectivity index (χ0v) is 2.71. The van der Waals surface area contributed by atoms with Crippen LogP contribution in [0.2, 0.25) is 0 Å². The van der Waals surface area contributed by atoms with Gasteiger partial charge in [0, 0.05) is 0 Å². The molecule has 0 rings (SSSR count). The van der Waals surface area contributed by atoms with Crippen molar-refractivity contribution in [1.29, 1.82) is 0 Å².